The van der Waals surface area contributed by atoms with Crippen molar-refractivity contribution in [3.8, 4) is 5.75 Å². The summed E-state index contributed by atoms with van der Waals surface area (Å²) < 4.78 is 5.16. The summed E-state index contributed by atoms with van der Waals surface area (Å²) in [6.07, 6.45) is 0.359. The summed E-state index contributed by atoms with van der Waals surface area (Å²) in [6, 6.07) is 15.2. The van der Waals surface area contributed by atoms with Gasteiger partial charge in [-0.15, -0.1) is 0 Å². The molecule has 0 spiro atoms. The molecule has 0 aliphatic heterocycles. The van der Waals surface area contributed by atoms with Gasteiger partial charge < -0.3 is 15.2 Å². The molecule has 2 aromatic rings. The maximum atomic E-state index is 12.2. The van der Waals surface area contributed by atoms with Crippen molar-refractivity contribution in [2.24, 2.45) is 0 Å². The SMILES string of the molecule is COc1ccc(C(CO)N(C)CCC(=O)Nc2ccccc2C)cc1. The number of amides is 1. The largest absolute Gasteiger partial charge is 0.497 e. The maximum absolute atomic E-state index is 12.2. The van der Waals surface area contributed by atoms with Crippen LogP contribution >= 0.6 is 0 Å². The number of rotatable bonds is 8. The molecule has 0 fully saturated rings. The van der Waals surface area contributed by atoms with Crippen LogP contribution in [-0.4, -0.2) is 43.2 Å². The van der Waals surface area contributed by atoms with Crippen molar-refractivity contribution in [2.75, 3.05) is 32.6 Å². The van der Waals surface area contributed by atoms with Crippen molar-refractivity contribution in [2.45, 2.75) is 19.4 Å². The summed E-state index contributed by atoms with van der Waals surface area (Å²) in [5.41, 5.74) is 2.87. The highest BCUT2D eigenvalue weighted by molar-refractivity contribution is 5.91. The number of ether oxygens (including phenoxy) is 1. The van der Waals surface area contributed by atoms with Crippen molar-refractivity contribution in [1.29, 1.82) is 0 Å². The highest BCUT2D eigenvalue weighted by Crippen LogP contribution is 2.22. The van der Waals surface area contributed by atoms with E-state index in [2.05, 4.69) is 5.32 Å². The summed E-state index contributed by atoms with van der Waals surface area (Å²) in [4.78, 5) is 14.2. The van der Waals surface area contributed by atoms with E-state index < -0.39 is 0 Å². The molecule has 0 aliphatic rings. The smallest absolute Gasteiger partial charge is 0.225 e. The quantitative estimate of drug-likeness (QED) is 0.774. The van der Waals surface area contributed by atoms with Crippen LogP contribution in [0.2, 0.25) is 0 Å². The number of aliphatic hydroxyl groups excluding tert-OH is 1. The fourth-order valence-electron chi connectivity index (χ4n) is 2.68. The maximum Gasteiger partial charge on any atom is 0.225 e. The average Bonchev–Trinajstić information content (AvgIpc) is 2.63. The number of hydrogen-bond acceptors (Lipinski definition) is 4. The molecule has 134 valence electrons. The Morgan fingerprint density at radius 1 is 1.20 bits per heavy atom. The van der Waals surface area contributed by atoms with E-state index in [0.29, 0.717) is 13.0 Å². The Kier molecular flexibility index (Phi) is 6.98. The Balaban J connectivity index is 1.91. The van der Waals surface area contributed by atoms with Gasteiger partial charge in [-0.1, -0.05) is 30.3 Å². The van der Waals surface area contributed by atoms with Gasteiger partial charge in [0, 0.05) is 18.7 Å². The zero-order chi connectivity index (χ0) is 18.2. The molecule has 0 saturated heterocycles. The van der Waals surface area contributed by atoms with E-state index in [-0.39, 0.29) is 18.6 Å². The molecule has 25 heavy (non-hydrogen) atoms. The molecule has 5 heteroatoms. The second-order valence-corrected chi connectivity index (χ2v) is 6.07. The summed E-state index contributed by atoms with van der Waals surface area (Å²) in [6.45, 7) is 2.50. The van der Waals surface area contributed by atoms with Crippen molar-refractivity contribution < 1.29 is 14.6 Å². The molecule has 0 heterocycles. The fraction of sp³-hybridized carbons (Fsp3) is 0.350. The predicted octanol–water partition coefficient (Wildman–Crippen LogP) is 3.00. The molecule has 1 atom stereocenters. The van der Waals surface area contributed by atoms with Gasteiger partial charge in [0.2, 0.25) is 5.91 Å². The number of hydrogen-bond donors (Lipinski definition) is 2. The molecule has 0 saturated carbocycles. The number of methoxy groups -OCH3 is 1. The van der Waals surface area contributed by atoms with Gasteiger partial charge in [0.1, 0.15) is 5.75 Å². The van der Waals surface area contributed by atoms with E-state index in [1.54, 1.807) is 7.11 Å². The number of nitrogens with one attached hydrogen (secondary N) is 1. The van der Waals surface area contributed by atoms with E-state index in [0.717, 1.165) is 22.6 Å². The van der Waals surface area contributed by atoms with E-state index in [1.807, 2.05) is 67.4 Å². The van der Waals surface area contributed by atoms with Crippen LogP contribution in [0.1, 0.15) is 23.6 Å². The Hall–Kier alpha value is -2.37. The van der Waals surface area contributed by atoms with Gasteiger partial charge in [0.05, 0.1) is 19.8 Å². The first-order valence-electron chi connectivity index (χ1n) is 8.35. The van der Waals surface area contributed by atoms with E-state index in [4.69, 9.17) is 4.74 Å². The summed E-state index contributed by atoms with van der Waals surface area (Å²) >= 11 is 0. The third kappa shape index (κ3) is 5.31. The van der Waals surface area contributed by atoms with Crippen LogP contribution < -0.4 is 10.1 Å². The number of carbonyl (C=O) groups excluding carboxylic acids is 1. The van der Waals surface area contributed by atoms with Gasteiger partial charge in [0.25, 0.3) is 0 Å². The first-order valence-corrected chi connectivity index (χ1v) is 8.35. The highest BCUT2D eigenvalue weighted by Gasteiger charge is 2.17. The number of likely N-dealkylation sites (N-methyl/N-ethyl adjacent to an activating group) is 1. The number of anilines is 1. The number of aliphatic hydroxyl groups is 1. The molecular formula is C20H26N2O3. The average molecular weight is 342 g/mol. The van der Waals surface area contributed by atoms with Crippen LogP contribution in [-0.2, 0) is 4.79 Å². The fourth-order valence-corrected chi connectivity index (χ4v) is 2.68. The third-order valence-corrected chi connectivity index (χ3v) is 4.32. The van der Waals surface area contributed by atoms with Crippen LogP contribution in [0, 0.1) is 6.92 Å². The molecule has 1 amide bonds. The van der Waals surface area contributed by atoms with Crippen molar-refractivity contribution in [3.63, 3.8) is 0 Å². The molecule has 1 unspecified atom stereocenters. The lowest BCUT2D eigenvalue weighted by Crippen LogP contribution is -2.30. The van der Waals surface area contributed by atoms with Gasteiger partial charge in [-0.25, -0.2) is 0 Å². The summed E-state index contributed by atoms with van der Waals surface area (Å²) in [5.74, 6) is 0.744. The number of nitrogens with zero attached hydrogens (tertiary/aromatic N) is 1. The summed E-state index contributed by atoms with van der Waals surface area (Å²) in [5, 5.41) is 12.7. The second-order valence-electron chi connectivity index (χ2n) is 6.07. The third-order valence-electron chi connectivity index (χ3n) is 4.32. The Labute approximate surface area is 149 Å². The number of aryl methyl sites for hydroxylation is 1. The van der Waals surface area contributed by atoms with Gasteiger partial charge >= 0.3 is 0 Å². The van der Waals surface area contributed by atoms with E-state index in [1.165, 1.54) is 0 Å². The van der Waals surface area contributed by atoms with Crippen LogP contribution in [0.4, 0.5) is 5.69 Å². The lowest BCUT2D eigenvalue weighted by molar-refractivity contribution is -0.116. The Morgan fingerprint density at radius 2 is 1.88 bits per heavy atom. The topological polar surface area (TPSA) is 61.8 Å². The van der Waals surface area contributed by atoms with Crippen molar-refractivity contribution in [3.05, 3.63) is 59.7 Å². The van der Waals surface area contributed by atoms with Gasteiger partial charge in [-0.2, -0.15) is 0 Å². The van der Waals surface area contributed by atoms with Gasteiger partial charge in [-0.05, 0) is 43.3 Å². The van der Waals surface area contributed by atoms with Crippen LogP contribution in [0.5, 0.6) is 5.75 Å². The molecule has 5 nitrogen and oxygen atoms in total. The second kappa shape index (κ2) is 9.20. The van der Waals surface area contributed by atoms with Crippen LogP contribution in [0.15, 0.2) is 48.5 Å². The Bertz CT molecular complexity index is 686. The Morgan fingerprint density at radius 3 is 2.48 bits per heavy atom. The van der Waals surface area contributed by atoms with E-state index in [9.17, 15) is 9.90 Å². The normalized spacial score (nSPS) is 12.0. The predicted molar refractivity (Wildman–Crippen MR) is 99.9 cm³/mol. The highest BCUT2D eigenvalue weighted by atomic mass is 16.5. The van der Waals surface area contributed by atoms with Crippen molar-refractivity contribution >= 4 is 11.6 Å². The lowest BCUT2D eigenvalue weighted by atomic mass is 10.1. The number of benzene rings is 2. The minimum absolute atomic E-state index is 0.0117. The van der Waals surface area contributed by atoms with Crippen LogP contribution in [0.25, 0.3) is 0 Å². The van der Waals surface area contributed by atoms with Crippen LogP contribution in [0.3, 0.4) is 0 Å². The number of carbonyl (C=O) groups is 1. The standard InChI is InChI=1S/C20H26N2O3/c1-15-6-4-5-7-18(15)21-20(24)12-13-22(2)19(14-23)16-8-10-17(25-3)11-9-16/h4-11,19,23H,12-14H2,1-3H3,(H,21,24). The minimum atomic E-state index is -0.155. The molecule has 0 aromatic heterocycles. The molecule has 2 rings (SSSR count). The van der Waals surface area contributed by atoms with Gasteiger partial charge in [0.15, 0.2) is 0 Å². The molecule has 2 N–H and O–H groups in total. The van der Waals surface area contributed by atoms with Gasteiger partial charge in [-0.3, -0.25) is 9.69 Å². The first kappa shape index (κ1) is 19.0. The zero-order valence-electron chi connectivity index (χ0n) is 15.0. The molecular weight excluding hydrogens is 316 g/mol. The lowest BCUT2D eigenvalue weighted by Gasteiger charge is -2.26. The molecule has 2 aromatic carbocycles. The number of para-hydroxylation sites is 1. The molecule has 0 radical (unpaired) electrons. The van der Waals surface area contributed by atoms with E-state index >= 15 is 0 Å². The van der Waals surface area contributed by atoms with Crippen molar-refractivity contribution in [1.82, 2.24) is 4.90 Å². The molecule has 0 aliphatic carbocycles. The monoisotopic (exact) mass is 342 g/mol. The summed E-state index contributed by atoms with van der Waals surface area (Å²) in [7, 11) is 3.53. The minimum Gasteiger partial charge on any atom is -0.497 e. The first-order chi connectivity index (χ1) is 12.0. The molecule has 0 bridgehead atoms. The zero-order valence-corrected chi connectivity index (χ0v) is 15.0.